The molecule has 4 aromatic rings. The van der Waals surface area contributed by atoms with Gasteiger partial charge >= 0.3 is 5.91 Å². The molecule has 1 fully saturated rings. The molecule has 0 radical (unpaired) electrons. The number of halogens is 3. The topological polar surface area (TPSA) is 102 Å². The van der Waals surface area contributed by atoms with Crippen LogP contribution in [0.15, 0.2) is 70.6 Å². The van der Waals surface area contributed by atoms with E-state index in [2.05, 4.69) is 10.2 Å². The highest BCUT2D eigenvalue weighted by Gasteiger charge is 2.48. The van der Waals surface area contributed by atoms with E-state index in [1.165, 1.54) is 16.7 Å². The Morgan fingerprint density at radius 1 is 0.955 bits per heavy atom. The molecule has 0 bridgehead atoms. The Hall–Kier alpha value is -3.28. The van der Waals surface area contributed by atoms with Crippen LogP contribution in [-0.4, -0.2) is 40.2 Å². The molecule has 228 valence electrons. The number of hydrogen-bond acceptors (Lipinski definition) is 9. The lowest BCUT2D eigenvalue weighted by Crippen LogP contribution is -2.29. The number of carbonyl (C=O) groups is 2. The monoisotopic (exact) mass is 689 g/mol. The number of ketones is 1. The van der Waals surface area contributed by atoms with Crippen molar-refractivity contribution in [2.24, 2.45) is 0 Å². The minimum Gasteiger partial charge on any atom is -0.507 e. The van der Waals surface area contributed by atoms with Gasteiger partial charge in [-0.05, 0) is 73.0 Å². The second kappa shape index (κ2) is 14.2. The molecule has 1 aliphatic rings. The molecule has 0 saturated carbocycles. The molecule has 44 heavy (non-hydrogen) atoms. The van der Waals surface area contributed by atoms with E-state index in [1.54, 1.807) is 54.6 Å². The quantitative estimate of drug-likeness (QED) is 0.0549. The fourth-order valence-corrected chi connectivity index (χ4v) is 7.09. The Morgan fingerprint density at radius 3 is 2.41 bits per heavy atom. The van der Waals surface area contributed by atoms with Crippen molar-refractivity contribution in [2.45, 2.75) is 36.4 Å². The van der Waals surface area contributed by atoms with E-state index in [1.807, 2.05) is 19.9 Å². The van der Waals surface area contributed by atoms with Gasteiger partial charge in [0.1, 0.15) is 5.76 Å². The third kappa shape index (κ3) is 6.84. The van der Waals surface area contributed by atoms with Crippen LogP contribution in [0.4, 0.5) is 5.13 Å². The Bertz CT molecular complexity index is 1730. The number of anilines is 1. The third-order valence-corrected chi connectivity index (χ3v) is 9.52. The van der Waals surface area contributed by atoms with Gasteiger partial charge in [-0.3, -0.25) is 14.5 Å². The van der Waals surface area contributed by atoms with Crippen LogP contribution in [0.2, 0.25) is 15.1 Å². The van der Waals surface area contributed by atoms with Crippen LogP contribution >= 0.6 is 57.9 Å². The number of aliphatic hydroxyl groups excluding tert-OH is 1. The van der Waals surface area contributed by atoms with Crippen LogP contribution < -0.4 is 14.4 Å². The lowest BCUT2D eigenvalue weighted by atomic mass is 9.95. The molecule has 0 spiro atoms. The Kier molecular flexibility index (Phi) is 10.4. The first kappa shape index (κ1) is 32.1. The van der Waals surface area contributed by atoms with Gasteiger partial charge in [-0.25, -0.2) is 0 Å². The fraction of sp³-hybridized carbons (Fsp3) is 0.226. The highest BCUT2D eigenvalue weighted by atomic mass is 35.5. The van der Waals surface area contributed by atoms with E-state index >= 15 is 0 Å². The van der Waals surface area contributed by atoms with Crippen molar-refractivity contribution in [3.63, 3.8) is 0 Å². The zero-order chi connectivity index (χ0) is 31.4. The van der Waals surface area contributed by atoms with Gasteiger partial charge < -0.3 is 14.6 Å². The van der Waals surface area contributed by atoms with Crippen molar-refractivity contribution in [3.8, 4) is 11.5 Å². The number of amides is 1. The van der Waals surface area contributed by atoms with Crippen LogP contribution in [0.25, 0.3) is 5.76 Å². The van der Waals surface area contributed by atoms with Crippen molar-refractivity contribution in [2.75, 3.05) is 18.1 Å². The summed E-state index contributed by atoms with van der Waals surface area (Å²) in [6.07, 6.45) is 0.802. The number of hydrogen-bond donors (Lipinski definition) is 1. The number of carbonyl (C=O) groups excluding carboxylic acids is 2. The van der Waals surface area contributed by atoms with Gasteiger partial charge in [0.15, 0.2) is 15.8 Å². The summed E-state index contributed by atoms with van der Waals surface area (Å²) in [5, 5.41) is 21.7. The molecule has 5 rings (SSSR count). The minimum atomic E-state index is -1.03. The van der Waals surface area contributed by atoms with Crippen LogP contribution in [-0.2, 0) is 15.3 Å². The van der Waals surface area contributed by atoms with E-state index < -0.39 is 17.7 Å². The minimum absolute atomic E-state index is 0.0978. The third-order valence-electron chi connectivity index (χ3n) is 6.58. The first-order chi connectivity index (χ1) is 21.2. The van der Waals surface area contributed by atoms with Crippen LogP contribution in [0.5, 0.6) is 11.5 Å². The van der Waals surface area contributed by atoms with Crippen LogP contribution in [0, 0.1) is 0 Å². The van der Waals surface area contributed by atoms with Crippen molar-refractivity contribution in [1.82, 2.24) is 10.2 Å². The fourth-order valence-electron chi connectivity index (χ4n) is 4.54. The summed E-state index contributed by atoms with van der Waals surface area (Å²) in [6.45, 7) is 4.70. The summed E-state index contributed by atoms with van der Waals surface area (Å²) in [5.41, 5.74) is 1.61. The van der Waals surface area contributed by atoms with Gasteiger partial charge in [0.25, 0.3) is 5.78 Å². The Labute approximate surface area is 277 Å². The van der Waals surface area contributed by atoms with E-state index in [4.69, 9.17) is 44.3 Å². The summed E-state index contributed by atoms with van der Waals surface area (Å²) in [6, 6.07) is 15.8. The zero-order valence-corrected chi connectivity index (χ0v) is 27.5. The maximum atomic E-state index is 13.6. The molecule has 1 N–H and O–H groups in total. The van der Waals surface area contributed by atoms with E-state index in [0.29, 0.717) is 61.0 Å². The lowest BCUT2D eigenvalue weighted by Gasteiger charge is -2.23. The number of rotatable bonds is 11. The number of nitrogens with zero attached hydrogens (tertiary/aromatic N) is 3. The van der Waals surface area contributed by atoms with Gasteiger partial charge in [-0.1, -0.05) is 77.0 Å². The van der Waals surface area contributed by atoms with Gasteiger partial charge in [0.2, 0.25) is 5.13 Å². The molecular formula is C31H26Cl3N3O5S2. The number of benzene rings is 3. The second-order valence-electron chi connectivity index (χ2n) is 9.54. The molecule has 1 unspecified atom stereocenters. The first-order valence-electron chi connectivity index (χ1n) is 13.6. The molecule has 0 aliphatic carbocycles. The molecule has 2 heterocycles. The lowest BCUT2D eigenvalue weighted by molar-refractivity contribution is -0.132. The smallest absolute Gasteiger partial charge is 0.301 e. The van der Waals surface area contributed by atoms with Gasteiger partial charge in [0.05, 0.1) is 24.8 Å². The normalized spacial score (nSPS) is 16.0. The maximum Gasteiger partial charge on any atom is 0.301 e. The summed E-state index contributed by atoms with van der Waals surface area (Å²) >= 11 is 20.9. The molecule has 1 atom stereocenters. The molecule has 1 aliphatic heterocycles. The zero-order valence-electron chi connectivity index (χ0n) is 23.6. The predicted molar refractivity (Wildman–Crippen MR) is 176 cm³/mol. The highest BCUT2D eigenvalue weighted by molar-refractivity contribution is 8.00. The average molecular weight is 691 g/mol. The molecular weight excluding hydrogens is 665 g/mol. The molecule has 3 aromatic carbocycles. The van der Waals surface area contributed by atoms with Crippen LogP contribution in [0.3, 0.4) is 0 Å². The van der Waals surface area contributed by atoms with E-state index in [0.717, 1.165) is 23.3 Å². The summed E-state index contributed by atoms with van der Waals surface area (Å²) < 4.78 is 12.3. The number of aliphatic hydroxyl groups is 1. The van der Waals surface area contributed by atoms with Gasteiger partial charge in [-0.2, -0.15) is 0 Å². The molecule has 1 amide bonds. The Morgan fingerprint density at radius 2 is 1.70 bits per heavy atom. The number of thioether (sulfide) groups is 1. The SMILES string of the molecule is CCCOc1ccc(C2C(=C(O)c3ccc(Cl)cc3)C(=O)C(=O)N2c2nnc(SCc3ccc(Cl)cc3Cl)s2)cc1OCC. The van der Waals surface area contributed by atoms with Crippen molar-refractivity contribution < 1.29 is 24.2 Å². The van der Waals surface area contributed by atoms with E-state index in [-0.39, 0.29) is 16.5 Å². The Balaban J connectivity index is 1.57. The predicted octanol–water partition coefficient (Wildman–Crippen LogP) is 8.60. The number of aromatic nitrogens is 2. The number of Topliss-reactive ketones (excluding diaryl/α,β-unsaturated/α-hetero) is 1. The van der Waals surface area contributed by atoms with Crippen molar-refractivity contribution in [3.05, 3.63) is 98.0 Å². The molecule has 13 heteroatoms. The number of ether oxygens (including phenoxy) is 2. The van der Waals surface area contributed by atoms with Crippen molar-refractivity contribution >= 4 is 80.5 Å². The maximum absolute atomic E-state index is 13.6. The van der Waals surface area contributed by atoms with Crippen molar-refractivity contribution in [1.29, 1.82) is 0 Å². The van der Waals surface area contributed by atoms with E-state index in [9.17, 15) is 14.7 Å². The van der Waals surface area contributed by atoms with Gasteiger partial charge in [-0.15, -0.1) is 10.2 Å². The average Bonchev–Trinajstić information content (AvgIpc) is 3.58. The first-order valence-corrected chi connectivity index (χ1v) is 16.5. The molecule has 1 aromatic heterocycles. The van der Waals surface area contributed by atoms with Gasteiger partial charge in [0, 0.05) is 26.4 Å². The largest absolute Gasteiger partial charge is 0.507 e. The highest BCUT2D eigenvalue weighted by Crippen LogP contribution is 2.46. The molecule has 1 saturated heterocycles. The second-order valence-corrected chi connectivity index (χ2v) is 13.0. The standard InChI is InChI=1S/C31H26Cl3N3O5S2/c1-3-13-42-23-12-8-18(14-24(23)41-4-2)26-25(27(38)17-5-9-20(32)10-6-17)28(39)29(40)37(26)30-35-36-31(44-30)43-16-19-7-11-21(33)15-22(19)34/h5-12,14-15,26,38H,3-4,13,16H2,1-2H3. The summed E-state index contributed by atoms with van der Waals surface area (Å²) in [7, 11) is 0. The summed E-state index contributed by atoms with van der Waals surface area (Å²) in [5.74, 6) is -0.576. The summed E-state index contributed by atoms with van der Waals surface area (Å²) in [4.78, 5) is 28.5. The molecule has 8 nitrogen and oxygen atoms in total. The van der Waals surface area contributed by atoms with Crippen LogP contribution in [0.1, 0.15) is 43.0 Å².